The van der Waals surface area contributed by atoms with E-state index in [1.165, 1.54) is 24.3 Å². The maximum atomic E-state index is 12.1. The van der Waals surface area contributed by atoms with Crippen molar-refractivity contribution in [3.05, 3.63) is 56.7 Å². The van der Waals surface area contributed by atoms with E-state index in [-0.39, 0.29) is 36.8 Å². The minimum absolute atomic E-state index is 0.0195. The zero-order chi connectivity index (χ0) is 20.9. The molecule has 0 aromatic rings. The molecule has 0 aliphatic heterocycles. The molecule has 12 heteroatoms. The Hall–Kier alpha value is -1.88. The fraction of sp³-hybridized carbons (Fsp3) is 0.250. The molecule has 148 valence electrons. The SMILES string of the molecule is O=S(=O)(O)/C(C1=CC=C(N=C=S)CC1)=C(\C1=CC=C(N=C=S)CC1)S(=O)(=O)O. The average Bonchev–Trinajstić information content (AvgIpc) is 2.60. The summed E-state index contributed by atoms with van der Waals surface area (Å²) < 4.78 is 67.7. The largest absolute Gasteiger partial charge is 0.296 e. The van der Waals surface area contributed by atoms with E-state index in [9.17, 15) is 25.9 Å². The van der Waals surface area contributed by atoms with Crippen LogP contribution in [0.15, 0.2) is 66.6 Å². The van der Waals surface area contributed by atoms with Crippen molar-refractivity contribution in [3.8, 4) is 0 Å². The Bertz CT molecular complexity index is 1070. The highest BCUT2D eigenvalue weighted by atomic mass is 32.2. The number of allylic oxidation sites excluding steroid dienone is 8. The van der Waals surface area contributed by atoms with E-state index in [1.807, 2.05) is 0 Å². The second kappa shape index (κ2) is 9.08. The van der Waals surface area contributed by atoms with Gasteiger partial charge in [0.25, 0.3) is 20.2 Å². The smallest absolute Gasteiger partial charge is 0.282 e. The fourth-order valence-electron chi connectivity index (χ4n) is 2.79. The van der Waals surface area contributed by atoms with Gasteiger partial charge in [-0.3, -0.25) is 9.11 Å². The van der Waals surface area contributed by atoms with Crippen LogP contribution in [0.3, 0.4) is 0 Å². The van der Waals surface area contributed by atoms with Gasteiger partial charge in [0.15, 0.2) is 0 Å². The van der Waals surface area contributed by atoms with Crippen LogP contribution in [0.4, 0.5) is 0 Å². The fourth-order valence-corrected chi connectivity index (χ4v) is 5.39. The third-order valence-electron chi connectivity index (χ3n) is 3.94. The molecule has 2 aliphatic carbocycles. The molecule has 2 rings (SSSR count). The molecule has 0 saturated carbocycles. The molecule has 0 aromatic heterocycles. The second-order valence-electron chi connectivity index (χ2n) is 5.71. The van der Waals surface area contributed by atoms with E-state index in [4.69, 9.17) is 0 Å². The molecule has 8 nitrogen and oxygen atoms in total. The van der Waals surface area contributed by atoms with Crippen molar-refractivity contribution in [2.24, 2.45) is 9.98 Å². The van der Waals surface area contributed by atoms with Crippen LogP contribution in [-0.2, 0) is 20.2 Å². The number of nitrogens with zero attached hydrogens (tertiary/aromatic N) is 2. The minimum Gasteiger partial charge on any atom is -0.282 e. The van der Waals surface area contributed by atoms with Crippen molar-refractivity contribution in [1.29, 1.82) is 0 Å². The Morgan fingerprint density at radius 3 is 1.32 bits per heavy atom. The molecule has 0 aromatic carbocycles. The molecular weight excluding hydrogens is 444 g/mol. The van der Waals surface area contributed by atoms with E-state index in [2.05, 4.69) is 44.7 Å². The molecule has 0 fully saturated rings. The Balaban J connectivity index is 2.77. The summed E-state index contributed by atoms with van der Waals surface area (Å²) in [5, 5.41) is 4.37. The lowest BCUT2D eigenvalue weighted by Crippen LogP contribution is -2.17. The summed E-state index contributed by atoms with van der Waals surface area (Å²) in [5.74, 6) is 0. The predicted octanol–water partition coefficient (Wildman–Crippen LogP) is 3.39. The van der Waals surface area contributed by atoms with Crippen molar-refractivity contribution >= 4 is 55.0 Å². The number of isothiocyanates is 2. The van der Waals surface area contributed by atoms with Gasteiger partial charge < -0.3 is 0 Å². The highest BCUT2D eigenvalue weighted by Crippen LogP contribution is 2.37. The van der Waals surface area contributed by atoms with Gasteiger partial charge >= 0.3 is 0 Å². The van der Waals surface area contributed by atoms with Crippen LogP contribution in [0.1, 0.15) is 25.7 Å². The summed E-state index contributed by atoms with van der Waals surface area (Å²) in [6.07, 6.45) is 6.11. The van der Waals surface area contributed by atoms with E-state index in [0.29, 0.717) is 11.4 Å². The van der Waals surface area contributed by atoms with Gasteiger partial charge in [-0.1, -0.05) is 12.2 Å². The van der Waals surface area contributed by atoms with Gasteiger partial charge in [0.2, 0.25) is 0 Å². The van der Waals surface area contributed by atoms with Crippen molar-refractivity contribution in [1.82, 2.24) is 0 Å². The van der Waals surface area contributed by atoms with E-state index in [0.717, 1.165) is 0 Å². The van der Waals surface area contributed by atoms with Crippen molar-refractivity contribution in [2.45, 2.75) is 25.7 Å². The Labute approximate surface area is 173 Å². The summed E-state index contributed by atoms with van der Waals surface area (Å²) in [5.41, 5.74) is 1.07. The number of hydrogen-bond donors (Lipinski definition) is 2. The summed E-state index contributed by atoms with van der Waals surface area (Å²) in [7, 11) is -9.98. The van der Waals surface area contributed by atoms with Gasteiger partial charge in [-0.2, -0.15) is 26.8 Å². The molecule has 2 N–H and O–H groups in total. The average molecular weight is 459 g/mol. The van der Waals surface area contributed by atoms with Crippen LogP contribution < -0.4 is 0 Å². The number of thiocarbonyl (C=S) groups is 2. The first-order valence-corrected chi connectivity index (χ1v) is 11.4. The summed E-state index contributed by atoms with van der Waals surface area (Å²) in [6, 6.07) is 0. The normalized spacial score (nSPS) is 18.4. The Morgan fingerprint density at radius 2 is 1.11 bits per heavy atom. The molecule has 28 heavy (non-hydrogen) atoms. The van der Waals surface area contributed by atoms with Crippen LogP contribution in [0.2, 0.25) is 0 Å². The topological polar surface area (TPSA) is 133 Å². The summed E-state index contributed by atoms with van der Waals surface area (Å²) in [6.45, 7) is 0. The molecule has 0 bridgehead atoms. The van der Waals surface area contributed by atoms with Crippen LogP contribution in [-0.4, -0.2) is 36.3 Å². The lowest BCUT2D eigenvalue weighted by molar-refractivity contribution is 0.483. The predicted molar refractivity (Wildman–Crippen MR) is 111 cm³/mol. The van der Waals surface area contributed by atoms with Gasteiger partial charge in [-0.15, -0.1) is 0 Å². The molecular formula is C16H14N2O6S4. The van der Waals surface area contributed by atoms with Gasteiger partial charge in [-0.25, -0.2) is 0 Å². The van der Waals surface area contributed by atoms with E-state index < -0.39 is 30.0 Å². The molecule has 0 radical (unpaired) electrons. The lowest BCUT2D eigenvalue weighted by atomic mass is 9.98. The highest BCUT2D eigenvalue weighted by Gasteiger charge is 2.33. The first-order chi connectivity index (χ1) is 13.1. The first-order valence-electron chi connectivity index (χ1n) is 7.73. The van der Waals surface area contributed by atoms with Crippen LogP contribution in [0.5, 0.6) is 0 Å². The maximum Gasteiger partial charge on any atom is 0.296 e. The Kier molecular flexibility index (Phi) is 7.27. The van der Waals surface area contributed by atoms with Crippen LogP contribution in [0.25, 0.3) is 0 Å². The van der Waals surface area contributed by atoms with Gasteiger partial charge in [0.05, 0.1) is 21.7 Å². The van der Waals surface area contributed by atoms with Gasteiger partial charge in [-0.05, 0) is 73.4 Å². The highest BCUT2D eigenvalue weighted by molar-refractivity contribution is 7.94. The number of hydrogen-bond acceptors (Lipinski definition) is 8. The van der Waals surface area contributed by atoms with Gasteiger partial charge in [0.1, 0.15) is 9.81 Å². The lowest BCUT2D eigenvalue weighted by Gasteiger charge is -2.19. The first kappa shape index (κ1) is 22.4. The molecule has 0 spiro atoms. The standard InChI is InChI=1S/C16H14N2O6S4/c19-27(20,21)15(11-1-5-13(6-2-11)17-9-25)16(28(22,23)24)12-3-7-14(8-4-12)18-10-26/h1,3,5,7H,2,4,6,8H2,(H,19,20,21)(H,22,23,24)/b16-15+. The van der Waals surface area contributed by atoms with Gasteiger partial charge in [0, 0.05) is 0 Å². The van der Waals surface area contributed by atoms with Crippen molar-refractivity contribution < 1.29 is 25.9 Å². The second-order valence-corrected chi connectivity index (χ2v) is 8.80. The molecule has 0 amide bonds. The Morgan fingerprint density at radius 1 is 0.750 bits per heavy atom. The van der Waals surface area contributed by atoms with Crippen molar-refractivity contribution in [3.63, 3.8) is 0 Å². The number of rotatable bonds is 6. The molecule has 0 saturated heterocycles. The monoisotopic (exact) mass is 458 g/mol. The maximum absolute atomic E-state index is 12.1. The molecule has 0 unspecified atom stereocenters. The molecule has 0 heterocycles. The van der Waals surface area contributed by atoms with Crippen LogP contribution >= 0.6 is 24.4 Å². The van der Waals surface area contributed by atoms with Crippen LogP contribution in [0, 0.1) is 0 Å². The number of aliphatic imine (C=N–C) groups is 2. The van der Waals surface area contributed by atoms with E-state index >= 15 is 0 Å². The quantitative estimate of drug-likeness (QED) is 0.351. The zero-order valence-corrected chi connectivity index (χ0v) is 17.5. The van der Waals surface area contributed by atoms with Crippen molar-refractivity contribution in [2.75, 3.05) is 0 Å². The molecule has 2 aliphatic rings. The third-order valence-corrected chi connectivity index (χ3v) is 6.21. The van der Waals surface area contributed by atoms with E-state index in [1.54, 1.807) is 0 Å². The third kappa shape index (κ3) is 5.57. The summed E-state index contributed by atoms with van der Waals surface area (Å²) >= 11 is 9.02. The minimum atomic E-state index is -4.99. The summed E-state index contributed by atoms with van der Waals surface area (Å²) in [4.78, 5) is 5.86. The zero-order valence-electron chi connectivity index (χ0n) is 14.2. The molecule has 0 atom stereocenters.